The van der Waals surface area contributed by atoms with Crippen LogP contribution in [-0.4, -0.2) is 37.0 Å². The van der Waals surface area contributed by atoms with E-state index in [0.717, 1.165) is 0 Å². The molecule has 0 heterocycles. The van der Waals surface area contributed by atoms with Crippen LogP contribution in [0.15, 0.2) is 60.7 Å². The Bertz CT molecular complexity index is 1010. The summed E-state index contributed by atoms with van der Waals surface area (Å²) >= 11 is 0. The molecule has 0 aliphatic heterocycles. The molecule has 2 rings (SSSR count). The Balaban J connectivity index is 0.000000722. The molecular formula is C27H46N4O6P2. The number of para-hydroxylation sites is 2. The largest absolute Gasteiger partial charge is 0.432 e. The summed E-state index contributed by atoms with van der Waals surface area (Å²) in [7, 11) is -6.10. The van der Waals surface area contributed by atoms with Crippen molar-refractivity contribution in [2.45, 2.75) is 61.1 Å². The molecule has 0 radical (unpaired) electrons. The monoisotopic (exact) mass is 584 g/mol. The number of hydrogen-bond donors (Lipinski definition) is 4. The minimum Gasteiger partial charge on any atom is -0.432 e. The molecule has 12 heteroatoms. The number of rotatable bonds is 14. The van der Waals surface area contributed by atoms with E-state index in [1.54, 1.807) is 62.4 Å². The van der Waals surface area contributed by atoms with Gasteiger partial charge in [-0.1, -0.05) is 71.5 Å². The van der Waals surface area contributed by atoms with E-state index in [-0.39, 0.29) is 30.8 Å². The van der Waals surface area contributed by atoms with E-state index in [0.29, 0.717) is 11.5 Å². The van der Waals surface area contributed by atoms with Gasteiger partial charge in [-0.3, -0.25) is 18.7 Å². The molecule has 2 aromatic carbocycles. The van der Waals surface area contributed by atoms with Crippen molar-refractivity contribution in [1.29, 1.82) is 0 Å². The van der Waals surface area contributed by atoms with Gasteiger partial charge in [-0.2, -0.15) is 10.4 Å². The fourth-order valence-corrected chi connectivity index (χ4v) is 4.98. The van der Waals surface area contributed by atoms with Crippen molar-refractivity contribution in [2.24, 2.45) is 11.8 Å². The summed E-state index contributed by atoms with van der Waals surface area (Å²) in [6.45, 7) is 13.7. The number of nitrogens with one attached hydrogen (secondary N) is 4. The molecule has 0 unspecified atom stereocenters. The van der Waals surface area contributed by atoms with Gasteiger partial charge in [-0.25, -0.2) is 10.9 Å². The van der Waals surface area contributed by atoms with E-state index in [1.807, 2.05) is 39.8 Å². The second-order valence-corrected chi connectivity index (χ2v) is 13.8. The van der Waals surface area contributed by atoms with Crippen molar-refractivity contribution >= 4 is 26.6 Å². The van der Waals surface area contributed by atoms with Crippen molar-refractivity contribution in [3.63, 3.8) is 0 Å². The molecule has 4 atom stereocenters. The van der Waals surface area contributed by atoms with E-state index >= 15 is 0 Å². The van der Waals surface area contributed by atoms with Crippen molar-refractivity contribution in [2.75, 3.05) is 13.3 Å². The zero-order valence-corrected chi connectivity index (χ0v) is 25.2. The summed E-state index contributed by atoms with van der Waals surface area (Å²) in [6.07, 6.45) is 0. The maximum atomic E-state index is 12.2. The van der Waals surface area contributed by atoms with E-state index < -0.39 is 27.1 Å². The number of hydrogen-bond acceptors (Lipinski definition) is 8. The topological polar surface area (TPSA) is 135 Å². The fourth-order valence-electron chi connectivity index (χ4n) is 2.98. The number of benzene rings is 2. The first-order valence-electron chi connectivity index (χ1n) is 12.4. The molecular weight excluding hydrogens is 538 g/mol. The minimum absolute atomic E-state index is 0. The predicted octanol–water partition coefficient (Wildman–Crippen LogP) is 5.83. The first kappa shape index (κ1) is 36.7. The molecule has 39 heavy (non-hydrogen) atoms. The van der Waals surface area contributed by atoms with Crippen LogP contribution < -0.4 is 30.3 Å². The molecule has 0 amide bonds. The van der Waals surface area contributed by atoms with Gasteiger partial charge in [-0.05, 0) is 38.1 Å². The molecule has 0 saturated carbocycles. The van der Waals surface area contributed by atoms with Crippen LogP contribution in [0, 0.1) is 11.8 Å². The van der Waals surface area contributed by atoms with Crippen LogP contribution in [0.5, 0.6) is 11.5 Å². The lowest BCUT2D eigenvalue weighted by Crippen LogP contribution is -2.44. The highest BCUT2D eigenvalue weighted by atomic mass is 31.2. The second-order valence-electron chi connectivity index (χ2n) is 9.57. The van der Waals surface area contributed by atoms with Crippen LogP contribution in [0.2, 0.25) is 0 Å². The van der Waals surface area contributed by atoms with Crippen molar-refractivity contribution in [1.82, 2.24) is 21.2 Å². The van der Waals surface area contributed by atoms with Gasteiger partial charge in [-0.15, -0.1) is 0 Å². The summed E-state index contributed by atoms with van der Waals surface area (Å²) in [5, 5.41) is 5.21. The number of hydrazine groups is 2. The summed E-state index contributed by atoms with van der Waals surface area (Å²) in [5.41, 5.74) is 5.47. The fraction of sp³-hybridized carbons (Fsp3) is 0.481. The SMILES string of the molecule is C.CC(C)C(=O)[C@H](C)NN[P@@](C)(=O)Oc1ccccc1.CC(C)C(=O)[C@H](C)NN[P@](C)(=O)Oc1ccccc1. The van der Waals surface area contributed by atoms with Crippen LogP contribution in [0.3, 0.4) is 0 Å². The molecule has 0 saturated heterocycles. The van der Waals surface area contributed by atoms with Gasteiger partial charge in [0, 0.05) is 25.2 Å². The normalized spacial score (nSPS) is 15.4. The smallest absolute Gasteiger partial charge is 0.326 e. The third kappa shape index (κ3) is 15.2. The number of Topliss-reactive ketones (excluding diaryl/α,β-unsaturated/α-hetero) is 2. The Morgan fingerprint density at radius 1 is 0.615 bits per heavy atom. The minimum atomic E-state index is -3.05. The summed E-state index contributed by atoms with van der Waals surface area (Å²) in [5.74, 6) is 0.988. The lowest BCUT2D eigenvalue weighted by atomic mass is 10.0. The van der Waals surface area contributed by atoms with E-state index in [4.69, 9.17) is 9.05 Å². The van der Waals surface area contributed by atoms with Crippen LogP contribution >= 0.6 is 15.0 Å². The van der Waals surface area contributed by atoms with E-state index in [1.165, 1.54) is 13.3 Å². The van der Waals surface area contributed by atoms with Crippen LogP contribution in [0.25, 0.3) is 0 Å². The van der Waals surface area contributed by atoms with E-state index in [9.17, 15) is 18.7 Å². The number of carbonyl (C=O) groups excluding carboxylic acids is 2. The van der Waals surface area contributed by atoms with Gasteiger partial charge in [0.1, 0.15) is 11.5 Å². The summed E-state index contributed by atoms with van der Waals surface area (Å²) < 4.78 is 35.1. The molecule has 0 spiro atoms. The molecule has 4 N–H and O–H groups in total. The van der Waals surface area contributed by atoms with Crippen LogP contribution in [0.4, 0.5) is 0 Å². The van der Waals surface area contributed by atoms with Crippen molar-refractivity contribution in [3.8, 4) is 11.5 Å². The lowest BCUT2D eigenvalue weighted by molar-refractivity contribution is -0.124. The van der Waals surface area contributed by atoms with Gasteiger partial charge >= 0.3 is 15.0 Å². The molecule has 0 fully saturated rings. The highest BCUT2D eigenvalue weighted by molar-refractivity contribution is 7.56. The molecule has 2 aromatic rings. The Morgan fingerprint density at radius 3 is 1.15 bits per heavy atom. The van der Waals surface area contributed by atoms with Crippen LogP contribution in [0.1, 0.15) is 49.0 Å². The van der Waals surface area contributed by atoms with Gasteiger partial charge in [0.25, 0.3) is 0 Å². The Labute approximate surface area is 234 Å². The molecule has 0 aliphatic rings. The van der Waals surface area contributed by atoms with E-state index in [2.05, 4.69) is 21.2 Å². The summed E-state index contributed by atoms with van der Waals surface area (Å²) in [6, 6.07) is 16.9. The summed E-state index contributed by atoms with van der Waals surface area (Å²) in [4.78, 5) is 23.4. The maximum Gasteiger partial charge on any atom is 0.326 e. The standard InChI is InChI=1S/2C13H21N2O3P.CH4/c2*1-10(2)13(16)11(3)14-15-19(4,17)18-12-8-6-5-7-9-12;/h2*5-11,14H,1-4H3,(H,15,17);1H4/t11-,19+;11-,19-;/m00./s1. The highest BCUT2D eigenvalue weighted by Crippen LogP contribution is 2.38. The van der Waals surface area contributed by atoms with Crippen molar-refractivity contribution in [3.05, 3.63) is 60.7 Å². The second kappa shape index (κ2) is 17.4. The lowest BCUT2D eigenvalue weighted by Gasteiger charge is -2.20. The molecule has 0 aliphatic carbocycles. The van der Waals surface area contributed by atoms with Crippen molar-refractivity contribution < 1.29 is 27.8 Å². The Kier molecular flexibility index (Phi) is 16.4. The molecule has 0 aromatic heterocycles. The average molecular weight is 585 g/mol. The molecule has 10 nitrogen and oxygen atoms in total. The number of ketones is 2. The Hall–Kier alpha value is -2.32. The first-order valence-corrected chi connectivity index (χ1v) is 16.5. The maximum absolute atomic E-state index is 12.2. The quantitative estimate of drug-likeness (QED) is 0.159. The third-order valence-corrected chi connectivity index (χ3v) is 7.19. The first-order chi connectivity index (χ1) is 17.6. The highest BCUT2D eigenvalue weighted by Gasteiger charge is 2.23. The average Bonchev–Trinajstić information content (AvgIpc) is 2.86. The third-order valence-electron chi connectivity index (χ3n) is 5.01. The van der Waals surface area contributed by atoms with Crippen LogP contribution in [-0.2, 0) is 18.7 Å². The molecule has 220 valence electrons. The van der Waals surface area contributed by atoms with Gasteiger partial charge in [0.2, 0.25) is 0 Å². The Morgan fingerprint density at radius 2 is 0.897 bits per heavy atom. The zero-order valence-electron chi connectivity index (χ0n) is 23.4. The molecule has 0 bridgehead atoms. The van der Waals surface area contributed by atoms with Gasteiger partial charge in [0.05, 0.1) is 12.1 Å². The number of carbonyl (C=O) groups is 2. The van der Waals surface area contributed by atoms with Gasteiger partial charge in [0.15, 0.2) is 11.6 Å². The predicted molar refractivity (Wildman–Crippen MR) is 159 cm³/mol. The zero-order chi connectivity index (χ0) is 28.9. The van der Waals surface area contributed by atoms with Gasteiger partial charge < -0.3 is 9.05 Å².